The number of hydrogen-bond donors (Lipinski definition) is 1. The Morgan fingerprint density at radius 1 is 1.06 bits per heavy atom. The van der Waals surface area contributed by atoms with Crippen molar-refractivity contribution in [2.75, 3.05) is 6.61 Å². The Bertz CT molecular complexity index is 221. The molecule has 17 heavy (non-hydrogen) atoms. The zero-order valence-electron chi connectivity index (χ0n) is 11.7. The van der Waals surface area contributed by atoms with Crippen LogP contribution in [0.1, 0.15) is 53.9 Å². The topological polar surface area (TPSA) is 55.8 Å². The molecule has 0 aliphatic heterocycles. The molecule has 0 unspecified atom stereocenters. The molecule has 0 aliphatic rings. The first-order chi connectivity index (χ1) is 7.85. The zero-order chi connectivity index (χ0) is 13.5. The number of aliphatic hydroxyl groups excluding tert-OH is 1. The standard InChI is InChI=1S/C12H27O4P/c1-6-7-12(8-9-13)17(14,15-10(2)3)16-11(4)5/h10-13H,6-9H2,1-5H3/t12-/m0/s1. The van der Waals surface area contributed by atoms with Gasteiger partial charge >= 0.3 is 7.60 Å². The average molecular weight is 266 g/mol. The van der Waals surface area contributed by atoms with E-state index in [1.165, 1.54) is 0 Å². The molecule has 0 saturated carbocycles. The monoisotopic (exact) mass is 266 g/mol. The third-order valence-electron chi connectivity index (χ3n) is 2.25. The van der Waals surface area contributed by atoms with Gasteiger partial charge in [-0.05, 0) is 40.5 Å². The summed E-state index contributed by atoms with van der Waals surface area (Å²) >= 11 is 0. The molecule has 5 heteroatoms. The van der Waals surface area contributed by atoms with Gasteiger partial charge in [-0.25, -0.2) is 0 Å². The van der Waals surface area contributed by atoms with Gasteiger partial charge in [-0.3, -0.25) is 4.57 Å². The van der Waals surface area contributed by atoms with E-state index in [4.69, 9.17) is 14.2 Å². The Morgan fingerprint density at radius 3 is 1.82 bits per heavy atom. The van der Waals surface area contributed by atoms with Gasteiger partial charge in [0.2, 0.25) is 0 Å². The summed E-state index contributed by atoms with van der Waals surface area (Å²) in [6.07, 6.45) is 1.83. The Kier molecular flexibility index (Phi) is 8.31. The fourth-order valence-electron chi connectivity index (χ4n) is 1.73. The maximum absolute atomic E-state index is 12.8. The van der Waals surface area contributed by atoms with E-state index < -0.39 is 7.60 Å². The molecule has 0 aromatic carbocycles. The van der Waals surface area contributed by atoms with Crippen LogP contribution in [-0.4, -0.2) is 29.6 Å². The minimum Gasteiger partial charge on any atom is -0.396 e. The lowest BCUT2D eigenvalue weighted by Crippen LogP contribution is -2.19. The molecule has 0 spiro atoms. The number of aliphatic hydroxyl groups is 1. The lowest BCUT2D eigenvalue weighted by atomic mass is 10.2. The summed E-state index contributed by atoms with van der Waals surface area (Å²) in [5, 5.41) is 9.06. The van der Waals surface area contributed by atoms with Crippen molar-refractivity contribution in [2.45, 2.75) is 71.7 Å². The highest BCUT2D eigenvalue weighted by Gasteiger charge is 2.36. The van der Waals surface area contributed by atoms with Crippen LogP contribution in [0.2, 0.25) is 0 Å². The third kappa shape index (κ3) is 6.56. The SMILES string of the molecule is CCC[C@@H](CCO)P(=O)(OC(C)C)OC(C)C. The first kappa shape index (κ1) is 17.1. The van der Waals surface area contributed by atoms with Crippen molar-refractivity contribution in [2.24, 2.45) is 0 Å². The number of rotatable bonds is 9. The van der Waals surface area contributed by atoms with E-state index in [0.717, 1.165) is 12.8 Å². The van der Waals surface area contributed by atoms with E-state index in [9.17, 15) is 4.57 Å². The molecule has 4 nitrogen and oxygen atoms in total. The van der Waals surface area contributed by atoms with E-state index >= 15 is 0 Å². The van der Waals surface area contributed by atoms with Gasteiger partial charge in [-0.15, -0.1) is 0 Å². The molecule has 0 bridgehead atoms. The van der Waals surface area contributed by atoms with Crippen LogP contribution in [0.4, 0.5) is 0 Å². The predicted octanol–water partition coefficient (Wildman–Crippen LogP) is 3.58. The van der Waals surface area contributed by atoms with Crippen LogP contribution >= 0.6 is 7.60 Å². The van der Waals surface area contributed by atoms with Gasteiger partial charge < -0.3 is 14.2 Å². The largest absolute Gasteiger partial charge is 0.396 e. The van der Waals surface area contributed by atoms with Gasteiger partial charge in [0.05, 0.1) is 17.9 Å². The lowest BCUT2D eigenvalue weighted by Gasteiger charge is -2.29. The molecule has 104 valence electrons. The van der Waals surface area contributed by atoms with Crippen LogP contribution < -0.4 is 0 Å². The molecule has 0 rings (SSSR count). The van der Waals surface area contributed by atoms with E-state index in [1.807, 2.05) is 34.6 Å². The second-order valence-corrected chi connectivity index (χ2v) is 7.03. The summed E-state index contributed by atoms with van der Waals surface area (Å²) in [7, 11) is -3.13. The highest BCUT2D eigenvalue weighted by Crippen LogP contribution is 2.57. The Hall–Kier alpha value is 0.110. The smallest absolute Gasteiger partial charge is 0.334 e. The molecule has 0 aromatic heterocycles. The quantitative estimate of drug-likeness (QED) is 0.648. The van der Waals surface area contributed by atoms with E-state index in [2.05, 4.69) is 0 Å². The van der Waals surface area contributed by atoms with Crippen molar-refractivity contribution in [3.05, 3.63) is 0 Å². The van der Waals surface area contributed by atoms with E-state index in [1.54, 1.807) is 0 Å². The molecular weight excluding hydrogens is 239 g/mol. The molecule has 1 N–H and O–H groups in total. The molecule has 1 atom stereocenters. The first-order valence-corrected chi connectivity index (χ1v) is 8.04. The van der Waals surface area contributed by atoms with E-state index in [0.29, 0.717) is 6.42 Å². The normalized spacial score (nSPS) is 14.6. The molecular formula is C12H27O4P. The Labute approximate surface area is 105 Å². The van der Waals surface area contributed by atoms with Crippen molar-refractivity contribution in [1.82, 2.24) is 0 Å². The third-order valence-corrected chi connectivity index (χ3v) is 5.09. The van der Waals surface area contributed by atoms with Gasteiger partial charge in [0.25, 0.3) is 0 Å². The van der Waals surface area contributed by atoms with Crippen molar-refractivity contribution < 1.29 is 18.7 Å². The highest BCUT2D eigenvalue weighted by molar-refractivity contribution is 7.54. The van der Waals surface area contributed by atoms with Crippen molar-refractivity contribution in [3.8, 4) is 0 Å². The zero-order valence-corrected chi connectivity index (χ0v) is 12.6. The molecule has 0 aliphatic carbocycles. The summed E-state index contributed by atoms with van der Waals surface area (Å²) < 4.78 is 23.8. The van der Waals surface area contributed by atoms with E-state index in [-0.39, 0.29) is 24.5 Å². The van der Waals surface area contributed by atoms with Gasteiger partial charge in [0.1, 0.15) is 0 Å². The summed E-state index contributed by atoms with van der Waals surface area (Å²) in [6, 6.07) is 0. The van der Waals surface area contributed by atoms with Crippen LogP contribution in [0.15, 0.2) is 0 Å². The molecule has 0 amide bonds. The van der Waals surface area contributed by atoms with Crippen LogP contribution in [0.5, 0.6) is 0 Å². The van der Waals surface area contributed by atoms with Crippen LogP contribution in [0.25, 0.3) is 0 Å². The molecule has 0 fully saturated rings. The molecule has 0 radical (unpaired) electrons. The second kappa shape index (κ2) is 8.25. The lowest BCUT2D eigenvalue weighted by molar-refractivity contribution is 0.132. The predicted molar refractivity (Wildman–Crippen MR) is 70.4 cm³/mol. The van der Waals surface area contributed by atoms with Crippen LogP contribution in [0, 0.1) is 0 Å². The van der Waals surface area contributed by atoms with Crippen molar-refractivity contribution >= 4 is 7.60 Å². The molecule has 0 heterocycles. The van der Waals surface area contributed by atoms with Gasteiger partial charge in [0, 0.05) is 6.61 Å². The Morgan fingerprint density at radius 2 is 1.53 bits per heavy atom. The first-order valence-electron chi connectivity index (χ1n) is 6.43. The highest BCUT2D eigenvalue weighted by atomic mass is 31.2. The molecule has 0 saturated heterocycles. The summed E-state index contributed by atoms with van der Waals surface area (Å²) in [6.45, 7) is 9.42. The average Bonchev–Trinajstić information content (AvgIpc) is 2.14. The fourth-order valence-corrected chi connectivity index (χ4v) is 4.30. The maximum Gasteiger partial charge on any atom is 0.334 e. The van der Waals surface area contributed by atoms with Crippen molar-refractivity contribution in [3.63, 3.8) is 0 Å². The summed E-state index contributed by atoms with van der Waals surface area (Å²) in [5.74, 6) is 0. The van der Waals surface area contributed by atoms with Crippen LogP contribution in [-0.2, 0) is 13.6 Å². The Balaban J connectivity index is 4.88. The van der Waals surface area contributed by atoms with Crippen molar-refractivity contribution in [1.29, 1.82) is 0 Å². The second-order valence-electron chi connectivity index (χ2n) is 4.80. The van der Waals surface area contributed by atoms with Crippen LogP contribution in [0.3, 0.4) is 0 Å². The fraction of sp³-hybridized carbons (Fsp3) is 1.00. The number of hydrogen-bond acceptors (Lipinski definition) is 4. The van der Waals surface area contributed by atoms with Gasteiger partial charge in [-0.2, -0.15) is 0 Å². The van der Waals surface area contributed by atoms with Gasteiger partial charge in [-0.1, -0.05) is 13.3 Å². The minimum absolute atomic E-state index is 0.0115. The summed E-state index contributed by atoms with van der Waals surface area (Å²) in [5.41, 5.74) is -0.206. The van der Waals surface area contributed by atoms with Gasteiger partial charge in [0.15, 0.2) is 0 Å². The maximum atomic E-state index is 12.8. The summed E-state index contributed by atoms with van der Waals surface area (Å²) in [4.78, 5) is 0. The minimum atomic E-state index is -3.13. The molecule has 0 aromatic rings.